The molecule has 3 aromatic rings. The molecule has 0 atom stereocenters. The SMILES string of the molecule is CNCc1sc(-c2ccco2)nc1-c1ccccc1. The smallest absolute Gasteiger partial charge is 0.162 e. The summed E-state index contributed by atoms with van der Waals surface area (Å²) in [5.74, 6) is 0.824. The van der Waals surface area contributed by atoms with Gasteiger partial charge in [0.05, 0.1) is 12.0 Å². The molecule has 96 valence electrons. The first kappa shape index (κ1) is 12.1. The van der Waals surface area contributed by atoms with Gasteiger partial charge < -0.3 is 9.73 Å². The molecule has 2 heterocycles. The van der Waals surface area contributed by atoms with E-state index in [1.165, 1.54) is 4.88 Å². The monoisotopic (exact) mass is 270 g/mol. The van der Waals surface area contributed by atoms with Crippen LogP contribution in [-0.2, 0) is 6.54 Å². The van der Waals surface area contributed by atoms with Gasteiger partial charge in [-0.1, -0.05) is 30.3 Å². The van der Waals surface area contributed by atoms with E-state index in [0.717, 1.165) is 28.6 Å². The molecule has 0 saturated carbocycles. The molecule has 0 amide bonds. The van der Waals surface area contributed by atoms with Crippen molar-refractivity contribution in [2.45, 2.75) is 6.54 Å². The number of furan rings is 1. The van der Waals surface area contributed by atoms with E-state index < -0.39 is 0 Å². The quantitative estimate of drug-likeness (QED) is 0.784. The zero-order valence-corrected chi connectivity index (χ0v) is 11.4. The number of hydrogen-bond donors (Lipinski definition) is 1. The molecular weight excluding hydrogens is 256 g/mol. The Bertz CT molecular complexity index is 644. The van der Waals surface area contributed by atoms with E-state index in [4.69, 9.17) is 9.40 Å². The standard InChI is InChI=1S/C15H14N2OS/c1-16-10-13-14(11-6-3-2-4-7-11)17-15(19-13)12-8-5-9-18-12/h2-9,16H,10H2,1H3. The average Bonchev–Trinajstić information content (AvgIpc) is 3.08. The van der Waals surface area contributed by atoms with Crippen LogP contribution in [-0.4, -0.2) is 12.0 Å². The van der Waals surface area contributed by atoms with Crippen LogP contribution in [0, 0.1) is 0 Å². The normalized spacial score (nSPS) is 10.8. The van der Waals surface area contributed by atoms with Gasteiger partial charge >= 0.3 is 0 Å². The van der Waals surface area contributed by atoms with Crippen LogP contribution in [0.1, 0.15) is 4.88 Å². The van der Waals surface area contributed by atoms with Crippen LogP contribution in [0.4, 0.5) is 0 Å². The third kappa shape index (κ3) is 2.45. The first-order valence-corrected chi connectivity index (χ1v) is 6.93. The fourth-order valence-corrected chi connectivity index (χ4v) is 3.02. The summed E-state index contributed by atoms with van der Waals surface area (Å²) in [6.07, 6.45) is 1.68. The third-order valence-electron chi connectivity index (χ3n) is 2.81. The molecule has 0 aliphatic rings. The van der Waals surface area contributed by atoms with Crippen molar-refractivity contribution in [1.29, 1.82) is 0 Å². The number of aromatic nitrogens is 1. The highest BCUT2D eigenvalue weighted by atomic mass is 32.1. The third-order valence-corrected chi connectivity index (χ3v) is 3.88. The molecule has 1 N–H and O–H groups in total. The lowest BCUT2D eigenvalue weighted by atomic mass is 10.1. The Morgan fingerprint density at radius 1 is 1.16 bits per heavy atom. The van der Waals surface area contributed by atoms with E-state index in [1.807, 2.05) is 37.4 Å². The maximum Gasteiger partial charge on any atom is 0.162 e. The molecule has 4 heteroatoms. The minimum atomic E-state index is 0.808. The lowest BCUT2D eigenvalue weighted by molar-refractivity contribution is 0.582. The summed E-state index contributed by atoms with van der Waals surface area (Å²) in [6, 6.07) is 14.1. The number of rotatable bonds is 4. The van der Waals surface area contributed by atoms with Crippen LogP contribution >= 0.6 is 11.3 Å². The van der Waals surface area contributed by atoms with Gasteiger partial charge in [0, 0.05) is 17.0 Å². The second-order valence-corrected chi connectivity index (χ2v) is 5.25. The molecule has 0 aliphatic heterocycles. The molecule has 0 radical (unpaired) electrons. The molecule has 0 bridgehead atoms. The van der Waals surface area contributed by atoms with E-state index in [0.29, 0.717) is 0 Å². The summed E-state index contributed by atoms with van der Waals surface area (Å²) in [5.41, 5.74) is 2.17. The van der Waals surface area contributed by atoms with Crippen LogP contribution < -0.4 is 5.32 Å². The van der Waals surface area contributed by atoms with Crippen LogP contribution in [0.2, 0.25) is 0 Å². The van der Waals surface area contributed by atoms with Crippen LogP contribution in [0.25, 0.3) is 22.0 Å². The Labute approximate surface area is 115 Å². The van der Waals surface area contributed by atoms with Gasteiger partial charge in [-0.15, -0.1) is 11.3 Å². The maximum absolute atomic E-state index is 5.43. The molecule has 0 unspecified atom stereocenters. The summed E-state index contributed by atoms with van der Waals surface area (Å²) in [4.78, 5) is 5.95. The molecular formula is C15H14N2OS. The number of hydrogen-bond acceptors (Lipinski definition) is 4. The summed E-state index contributed by atoms with van der Waals surface area (Å²) in [7, 11) is 1.95. The summed E-state index contributed by atoms with van der Waals surface area (Å²) in [5, 5.41) is 4.12. The van der Waals surface area contributed by atoms with E-state index in [1.54, 1.807) is 17.6 Å². The number of nitrogens with one attached hydrogen (secondary N) is 1. The van der Waals surface area contributed by atoms with Crippen molar-refractivity contribution in [1.82, 2.24) is 10.3 Å². The number of nitrogens with zero attached hydrogens (tertiary/aromatic N) is 1. The van der Waals surface area contributed by atoms with Crippen molar-refractivity contribution >= 4 is 11.3 Å². The van der Waals surface area contributed by atoms with E-state index in [-0.39, 0.29) is 0 Å². The van der Waals surface area contributed by atoms with Crippen molar-refractivity contribution in [3.63, 3.8) is 0 Å². The first-order chi connectivity index (χ1) is 9.38. The maximum atomic E-state index is 5.43. The molecule has 0 saturated heterocycles. The fourth-order valence-electron chi connectivity index (χ4n) is 1.96. The zero-order valence-electron chi connectivity index (χ0n) is 10.6. The Balaban J connectivity index is 2.08. The zero-order chi connectivity index (χ0) is 13.1. The van der Waals surface area contributed by atoms with Crippen LogP contribution in [0.15, 0.2) is 53.1 Å². The van der Waals surface area contributed by atoms with Gasteiger partial charge in [0.25, 0.3) is 0 Å². The van der Waals surface area contributed by atoms with Gasteiger partial charge in [-0.25, -0.2) is 4.98 Å². The Kier molecular flexibility index (Phi) is 3.44. The molecule has 3 nitrogen and oxygen atoms in total. The van der Waals surface area contributed by atoms with Gasteiger partial charge in [-0.05, 0) is 19.2 Å². The predicted molar refractivity (Wildman–Crippen MR) is 78.0 cm³/mol. The molecule has 3 rings (SSSR count). The first-order valence-electron chi connectivity index (χ1n) is 6.12. The second-order valence-electron chi connectivity index (χ2n) is 4.16. The van der Waals surface area contributed by atoms with Crippen LogP contribution in [0.5, 0.6) is 0 Å². The summed E-state index contributed by atoms with van der Waals surface area (Å²) >= 11 is 1.67. The summed E-state index contributed by atoms with van der Waals surface area (Å²) in [6.45, 7) is 0.808. The molecule has 19 heavy (non-hydrogen) atoms. The molecule has 0 aliphatic carbocycles. The van der Waals surface area contributed by atoms with Crippen molar-refractivity contribution in [2.24, 2.45) is 0 Å². The lowest BCUT2D eigenvalue weighted by Crippen LogP contribution is -2.04. The van der Waals surface area contributed by atoms with Gasteiger partial charge in [-0.2, -0.15) is 0 Å². The molecule has 2 aromatic heterocycles. The minimum absolute atomic E-state index is 0.808. The van der Waals surface area contributed by atoms with Gasteiger partial charge in [0.2, 0.25) is 0 Å². The highest BCUT2D eigenvalue weighted by molar-refractivity contribution is 7.15. The van der Waals surface area contributed by atoms with Crippen molar-refractivity contribution in [3.8, 4) is 22.0 Å². The van der Waals surface area contributed by atoms with Gasteiger partial charge in [0.1, 0.15) is 0 Å². The highest BCUT2D eigenvalue weighted by Crippen LogP contribution is 2.33. The second kappa shape index (κ2) is 5.38. The average molecular weight is 270 g/mol. The van der Waals surface area contributed by atoms with E-state index >= 15 is 0 Å². The minimum Gasteiger partial charge on any atom is -0.462 e. The van der Waals surface area contributed by atoms with E-state index in [2.05, 4.69) is 17.4 Å². The Morgan fingerprint density at radius 2 is 2.00 bits per heavy atom. The van der Waals surface area contributed by atoms with Crippen molar-refractivity contribution in [3.05, 3.63) is 53.6 Å². The largest absolute Gasteiger partial charge is 0.462 e. The van der Waals surface area contributed by atoms with Crippen LogP contribution in [0.3, 0.4) is 0 Å². The fraction of sp³-hybridized carbons (Fsp3) is 0.133. The van der Waals surface area contributed by atoms with Gasteiger partial charge in [0.15, 0.2) is 10.8 Å². The lowest BCUT2D eigenvalue weighted by Gasteiger charge is -2.00. The molecule has 0 spiro atoms. The molecule has 0 fully saturated rings. The summed E-state index contributed by atoms with van der Waals surface area (Å²) < 4.78 is 5.43. The highest BCUT2D eigenvalue weighted by Gasteiger charge is 2.14. The Morgan fingerprint density at radius 3 is 2.68 bits per heavy atom. The predicted octanol–water partition coefficient (Wildman–Crippen LogP) is 3.79. The number of benzene rings is 1. The topological polar surface area (TPSA) is 38.1 Å². The van der Waals surface area contributed by atoms with Gasteiger partial charge in [-0.3, -0.25) is 0 Å². The van der Waals surface area contributed by atoms with Crippen molar-refractivity contribution < 1.29 is 4.42 Å². The van der Waals surface area contributed by atoms with E-state index in [9.17, 15) is 0 Å². The Hall–Kier alpha value is -1.91. The van der Waals surface area contributed by atoms with Crippen molar-refractivity contribution in [2.75, 3.05) is 7.05 Å². The number of thiazole rings is 1. The molecule has 1 aromatic carbocycles.